The van der Waals surface area contributed by atoms with Crippen molar-refractivity contribution in [1.82, 2.24) is 19.9 Å². The van der Waals surface area contributed by atoms with Crippen molar-refractivity contribution < 1.29 is 31.9 Å². The van der Waals surface area contributed by atoms with E-state index in [0.29, 0.717) is 43.0 Å². The lowest BCUT2D eigenvalue weighted by molar-refractivity contribution is -0.140. The third-order valence-corrected chi connectivity index (χ3v) is 13.7. The van der Waals surface area contributed by atoms with Gasteiger partial charge in [-0.15, -0.1) is 0 Å². The van der Waals surface area contributed by atoms with Gasteiger partial charge < -0.3 is 20.3 Å². The highest BCUT2D eigenvalue weighted by Gasteiger charge is 2.63. The van der Waals surface area contributed by atoms with E-state index < -0.39 is 56.1 Å². The van der Waals surface area contributed by atoms with E-state index in [1.165, 1.54) is 28.4 Å². The highest BCUT2D eigenvalue weighted by atomic mass is 32.2. The Balaban J connectivity index is 1.18. The average Bonchev–Trinajstić information content (AvgIpc) is 3.87. The molecular weight excluding hydrogens is 670 g/mol. The number of amides is 3. The van der Waals surface area contributed by atoms with Crippen LogP contribution in [0.25, 0.3) is 10.2 Å². The maximum atomic E-state index is 14.4. The number of sulfonamides is 1. The first-order chi connectivity index (χ1) is 23.5. The Morgan fingerprint density at radius 1 is 1.06 bits per heavy atom. The van der Waals surface area contributed by atoms with Crippen LogP contribution >= 0.6 is 11.3 Å². The zero-order valence-corrected chi connectivity index (χ0v) is 29.1. The molecule has 3 heterocycles. The van der Waals surface area contributed by atoms with Gasteiger partial charge in [0.05, 0.1) is 21.5 Å². The van der Waals surface area contributed by atoms with Crippen LogP contribution in [0.15, 0.2) is 48.5 Å². The first-order valence-corrected chi connectivity index (χ1v) is 19.5. The summed E-state index contributed by atoms with van der Waals surface area (Å²) in [7, 11) is -3.93. The number of para-hydroxylation sites is 1. The molecule has 0 bridgehead atoms. The first-order valence-electron chi connectivity index (χ1n) is 17.2. The number of aromatic nitrogens is 1. The third-order valence-electron chi connectivity index (χ3n) is 10.6. The van der Waals surface area contributed by atoms with Crippen molar-refractivity contribution in [2.24, 2.45) is 5.92 Å². The van der Waals surface area contributed by atoms with Crippen molar-refractivity contribution in [3.05, 3.63) is 54.3 Å². The molecule has 3 amide bonds. The molecule has 2 aromatic carbocycles. The van der Waals surface area contributed by atoms with Crippen LogP contribution in [0.1, 0.15) is 77.6 Å². The summed E-state index contributed by atoms with van der Waals surface area (Å²) in [6, 6.07) is 11.8. The van der Waals surface area contributed by atoms with Gasteiger partial charge in [0.2, 0.25) is 21.8 Å². The number of rotatable bonds is 7. The fraction of sp³-hybridized carbons (Fsp3) is 0.543. The number of carbonyl (C=O) groups is 3. The molecule has 2 aliphatic carbocycles. The molecule has 5 atom stereocenters. The molecule has 0 spiro atoms. The van der Waals surface area contributed by atoms with E-state index in [-0.39, 0.29) is 24.8 Å². The van der Waals surface area contributed by atoms with Gasteiger partial charge in [0.1, 0.15) is 29.5 Å². The Kier molecular flexibility index (Phi) is 9.05. The Morgan fingerprint density at radius 2 is 1.82 bits per heavy atom. The van der Waals surface area contributed by atoms with Crippen LogP contribution in [-0.4, -0.2) is 71.0 Å². The summed E-state index contributed by atoms with van der Waals surface area (Å²) >= 11 is 1.38. The Hall–Kier alpha value is -3.78. The molecule has 4 fully saturated rings. The largest absolute Gasteiger partial charge is 0.465 e. The summed E-state index contributed by atoms with van der Waals surface area (Å²) in [6.45, 7) is 1.71. The van der Waals surface area contributed by atoms with Gasteiger partial charge in [0.25, 0.3) is 11.1 Å². The van der Waals surface area contributed by atoms with Crippen LogP contribution < -0.4 is 20.1 Å². The van der Waals surface area contributed by atoms with Gasteiger partial charge in [-0.2, -0.15) is 0 Å². The number of halogens is 1. The van der Waals surface area contributed by atoms with Crippen molar-refractivity contribution in [2.45, 2.75) is 106 Å². The number of nitrogens with zero attached hydrogens (tertiary/aromatic N) is 2. The zero-order valence-electron chi connectivity index (χ0n) is 27.5. The Morgan fingerprint density at radius 3 is 2.57 bits per heavy atom. The standard InChI is InChI=1S/C35H42FN5O6S2/c1-34(16-17-34)49(45,46)40-32(44)35-20-22(35)10-5-3-2-4-6-14-27(37-24-12-9-11-23(36)18-24)31(43)41-21-25(19-28(41)30(42)39-35)47-33-38-26-13-7-8-15-29(26)48-33/h7-9,11-13,15,18,22,25,27-28,37H,2-6,10,14,16-17,19-21H2,1H3,(H,39,42)(H,40,44)/t22-,25-,27+,28+,35-/m1/s1. The summed E-state index contributed by atoms with van der Waals surface area (Å²) in [5.74, 6) is -2.23. The van der Waals surface area contributed by atoms with Gasteiger partial charge >= 0.3 is 0 Å². The summed E-state index contributed by atoms with van der Waals surface area (Å²) in [4.78, 5) is 48.5. The minimum atomic E-state index is -3.93. The number of thiazole rings is 1. The Labute approximate surface area is 289 Å². The third kappa shape index (κ3) is 6.99. The molecule has 14 heteroatoms. The number of fused-ring (bicyclic) bond motifs is 3. The van der Waals surface area contributed by atoms with Gasteiger partial charge in [0.15, 0.2) is 0 Å². The lowest BCUT2D eigenvalue weighted by Gasteiger charge is -2.30. The molecule has 262 valence electrons. The summed E-state index contributed by atoms with van der Waals surface area (Å²) in [6.07, 6.45) is 6.31. The molecule has 0 radical (unpaired) electrons. The van der Waals surface area contributed by atoms with E-state index in [9.17, 15) is 27.2 Å². The second-order valence-electron chi connectivity index (χ2n) is 14.2. The number of hydrogen-bond acceptors (Lipinski definition) is 9. The topological polar surface area (TPSA) is 147 Å². The number of carbonyl (C=O) groups excluding carboxylic acids is 3. The van der Waals surface area contributed by atoms with E-state index in [4.69, 9.17) is 4.74 Å². The van der Waals surface area contributed by atoms with Crippen LogP contribution in [0.5, 0.6) is 5.19 Å². The highest BCUT2D eigenvalue weighted by Crippen LogP contribution is 2.49. The van der Waals surface area contributed by atoms with Gasteiger partial charge in [0, 0.05) is 12.1 Å². The molecule has 3 N–H and O–H groups in total. The maximum absolute atomic E-state index is 14.4. The van der Waals surface area contributed by atoms with Crippen molar-refractivity contribution >= 4 is 55.0 Å². The van der Waals surface area contributed by atoms with Gasteiger partial charge in [-0.25, -0.2) is 17.8 Å². The van der Waals surface area contributed by atoms with Crippen LogP contribution in [0.4, 0.5) is 10.1 Å². The molecule has 4 aliphatic rings. The lowest BCUT2D eigenvalue weighted by Crippen LogP contribution is -2.58. The van der Waals surface area contributed by atoms with E-state index in [0.717, 1.165) is 42.3 Å². The van der Waals surface area contributed by atoms with Gasteiger partial charge in [-0.1, -0.05) is 61.6 Å². The second kappa shape index (κ2) is 13.2. The fourth-order valence-corrected chi connectivity index (χ4v) is 9.37. The van der Waals surface area contributed by atoms with E-state index >= 15 is 0 Å². The predicted octanol–water partition coefficient (Wildman–Crippen LogP) is 4.88. The minimum absolute atomic E-state index is 0.101. The molecule has 2 aliphatic heterocycles. The molecule has 11 nitrogen and oxygen atoms in total. The van der Waals surface area contributed by atoms with Crippen molar-refractivity contribution in [2.75, 3.05) is 11.9 Å². The molecule has 0 unspecified atom stereocenters. The van der Waals surface area contributed by atoms with Crippen molar-refractivity contribution in [3.63, 3.8) is 0 Å². The van der Waals surface area contributed by atoms with E-state index in [2.05, 4.69) is 20.3 Å². The average molecular weight is 712 g/mol. The zero-order chi connectivity index (χ0) is 34.4. The molecule has 3 aromatic rings. The number of nitrogens with one attached hydrogen (secondary N) is 3. The van der Waals surface area contributed by atoms with E-state index in [1.807, 2.05) is 24.3 Å². The Bertz CT molecular complexity index is 1830. The fourth-order valence-electron chi connectivity index (χ4n) is 7.18. The monoisotopic (exact) mass is 711 g/mol. The highest BCUT2D eigenvalue weighted by molar-refractivity contribution is 7.91. The summed E-state index contributed by atoms with van der Waals surface area (Å²) in [5.41, 5.74) is -0.137. The molecule has 7 rings (SSSR count). The molecular formula is C35H42FN5O6S2. The lowest BCUT2D eigenvalue weighted by atomic mass is 10.0. The smallest absolute Gasteiger partial charge is 0.274 e. The predicted molar refractivity (Wildman–Crippen MR) is 184 cm³/mol. The number of anilines is 1. The number of benzene rings is 2. The molecule has 2 saturated heterocycles. The summed E-state index contributed by atoms with van der Waals surface area (Å²) < 4.78 is 48.8. The van der Waals surface area contributed by atoms with Gasteiger partial charge in [-0.05, 0) is 75.3 Å². The minimum Gasteiger partial charge on any atom is -0.465 e. The first kappa shape index (κ1) is 33.7. The second-order valence-corrected chi connectivity index (χ2v) is 17.4. The van der Waals surface area contributed by atoms with Crippen LogP contribution in [-0.2, 0) is 24.4 Å². The van der Waals surface area contributed by atoms with Crippen LogP contribution in [0.2, 0.25) is 0 Å². The molecule has 1 aromatic heterocycles. The number of hydrogen-bond donors (Lipinski definition) is 3. The van der Waals surface area contributed by atoms with Gasteiger partial charge in [-0.3, -0.25) is 19.1 Å². The SMILES string of the molecule is CC1(S(=O)(=O)NC(=O)[C@@]23C[C@H]2CCCCCCC[C@H](Nc2cccc(F)c2)C(=O)N2C[C@H](Oc4nc5ccccc5s4)C[C@H]2C(=O)N3)CC1. The molecule has 49 heavy (non-hydrogen) atoms. The van der Waals surface area contributed by atoms with Crippen LogP contribution in [0.3, 0.4) is 0 Å². The van der Waals surface area contributed by atoms with Crippen molar-refractivity contribution in [1.29, 1.82) is 0 Å². The van der Waals surface area contributed by atoms with Crippen LogP contribution in [0, 0.1) is 11.7 Å². The quantitative estimate of drug-likeness (QED) is 0.315. The van der Waals surface area contributed by atoms with E-state index in [1.54, 1.807) is 19.1 Å². The number of ether oxygens (including phenoxy) is 1. The molecule has 2 saturated carbocycles. The summed E-state index contributed by atoms with van der Waals surface area (Å²) in [5, 5.41) is 6.59. The van der Waals surface area contributed by atoms with Crippen molar-refractivity contribution in [3.8, 4) is 5.19 Å². The maximum Gasteiger partial charge on any atom is 0.274 e. The normalized spacial score (nSPS) is 28.7.